The van der Waals surface area contributed by atoms with Gasteiger partial charge < -0.3 is 20.4 Å². The maximum Gasteiger partial charge on any atom is 0.129 e. The number of hydrogen-bond donors (Lipinski definition) is 3. The molecule has 0 bridgehead atoms. The summed E-state index contributed by atoms with van der Waals surface area (Å²) in [5, 5.41) is 17.3. The van der Waals surface area contributed by atoms with Crippen LogP contribution < -0.4 is 5.73 Å². The lowest BCUT2D eigenvalue weighted by molar-refractivity contribution is 0.238. The Bertz CT molecular complexity index is 252. The number of rotatable bonds is 5. The van der Waals surface area contributed by atoms with E-state index in [9.17, 15) is 0 Å². The van der Waals surface area contributed by atoms with Crippen LogP contribution in [0.5, 0.6) is 0 Å². The zero-order chi connectivity index (χ0) is 9.68. The Morgan fingerprint density at radius 2 is 2.07 bits per heavy atom. The van der Waals surface area contributed by atoms with Crippen molar-refractivity contribution in [1.82, 2.24) is 0 Å². The second-order valence-corrected chi connectivity index (χ2v) is 2.93. The average Bonchev–Trinajstić information content (AvgIpc) is 2.62. The van der Waals surface area contributed by atoms with Crippen molar-refractivity contribution in [2.24, 2.45) is 5.73 Å². The molecule has 0 saturated heterocycles. The van der Waals surface area contributed by atoms with Gasteiger partial charge in [0, 0.05) is 6.61 Å². The quantitative estimate of drug-likeness (QED) is 0.692. The maximum absolute atomic E-state index is 8.73. The zero-order valence-corrected chi connectivity index (χ0v) is 8.67. The molecule has 1 heterocycles. The summed E-state index contributed by atoms with van der Waals surface area (Å²) in [7, 11) is 0. The summed E-state index contributed by atoms with van der Waals surface area (Å²) >= 11 is 0. The van der Waals surface area contributed by atoms with E-state index in [1.54, 1.807) is 12.1 Å². The minimum absolute atomic E-state index is 0. The Hall–Kier alpha value is -0.550. The van der Waals surface area contributed by atoms with Crippen LogP contribution >= 0.6 is 12.4 Å². The van der Waals surface area contributed by atoms with Gasteiger partial charge >= 0.3 is 0 Å². The van der Waals surface area contributed by atoms with Crippen molar-refractivity contribution >= 4 is 12.4 Å². The highest BCUT2D eigenvalue weighted by Crippen LogP contribution is 2.18. The van der Waals surface area contributed by atoms with Crippen LogP contribution in [0.1, 0.15) is 30.4 Å². The molecule has 1 rings (SSSR count). The lowest BCUT2D eigenvalue weighted by atomic mass is 10.1. The first-order valence-corrected chi connectivity index (χ1v) is 4.34. The average molecular weight is 222 g/mol. The van der Waals surface area contributed by atoms with Gasteiger partial charge in [0.2, 0.25) is 0 Å². The molecular formula is C9H16ClNO3. The Labute approximate surface area is 89.1 Å². The molecule has 0 aliphatic rings. The van der Waals surface area contributed by atoms with Gasteiger partial charge in [-0.15, -0.1) is 12.4 Å². The van der Waals surface area contributed by atoms with E-state index in [-0.39, 0.29) is 31.7 Å². The van der Waals surface area contributed by atoms with Crippen LogP contribution in [0.3, 0.4) is 0 Å². The molecule has 14 heavy (non-hydrogen) atoms. The van der Waals surface area contributed by atoms with Crippen molar-refractivity contribution in [3.63, 3.8) is 0 Å². The maximum atomic E-state index is 8.73. The van der Waals surface area contributed by atoms with E-state index in [0.29, 0.717) is 24.4 Å². The van der Waals surface area contributed by atoms with Crippen molar-refractivity contribution in [1.29, 1.82) is 0 Å². The van der Waals surface area contributed by atoms with Gasteiger partial charge in [0.15, 0.2) is 0 Å². The molecule has 0 aliphatic heterocycles. The van der Waals surface area contributed by atoms with Gasteiger partial charge in [0.25, 0.3) is 0 Å². The van der Waals surface area contributed by atoms with Crippen molar-refractivity contribution in [3.8, 4) is 0 Å². The number of aliphatic hydroxyl groups is 2. The first-order valence-electron chi connectivity index (χ1n) is 4.34. The minimum Gasteiger partial charge on any atom is -0.462 e. The van der Waals surface area contributed by atoms with Crippen LogP contribution in [0.15, 0.2) is 16.5 Å². The van der Waals surface area contributed by atoms with Gasteiger partial charge in [-0.25, -0.2) is 0 Å². The van der Waals surface area contributed by atoms with Gasteiger partial charge in [-0.3, -0.25) is 0 Å². The van der Waals surface area contributed by atoms with E-state index in [0.717, 1.165) is 0 Å². The monoisotopic (exact) mass is 221 g/mol. The summed E-state index contributed by atoms with van der Waals surface area (Å²) < 4.78 is 5.23. The third kappa shape index (κ3) is 3.67. The Morgan fingerprint density at radius 3 is 2.57 bits per heavy atom. The molecule has 82 valence electrons. The van der Waals surface area contributed by atoms with Gasteiger partial charge in [-0.05, 0) is 25.0 Å². The van der Waals surface area contributed by atoms with Crippen LogP contribution in [0.2, 0.25) is 0 Å². The predicted octanol–water partition coefficient (Wildman–Crippen LogP) is 0.966. The molecule has 0 spiro atoms. The summed E-state index contributed by atoms with van der Waals surface area (Å²) in [6, 6.07) is 3.27. The van der Waals surface area contributed by atoms with Crippen LogP contribution in [0.4, 0.5) is 0 Å². The van der Waals surface area contributed by atoms with E-state index in [1.165, 1.54) is 0 Å². The van der Waals surface area contributed by atoms with Crippen LogP contribution in [0, 0.1) is 0 Å². The van der Waals surface area contributed by atoms with E-state index >= 15 is 0 Å². The Kier molecular flexibility index (Phi) is 6.57. The molecular weight excluding hydrogens is 206 g/mol. The number of furan rings is 1. The van der Waals surface area contributed by atoms with Gasteiger partial charge in [0.05, 0.1) is 6.04 Å². The highest BCUT2D eigenvalue weighted by atomic mass is 35.5. The van der Waals surface area contributed by atoms with Crippen LogP contribution in [0.25, 0.3) is 0 Å². The Morgan fingerprint density at radius 1 is 1.36 bits per heavy atom. The van der Waals surface area contributed by atoms with Gasteiger partial charge in [-0.2, -0.15) is 0 Å². The smallest absolute Gasteiger partial charge is 0.129 e. The normalized spacial score (nSPS) is 12.2. The Balaban J connectivity index is 0.00000169. The second kappa shape index (κ2) is 6.84. The molecule has 1 aromatic rings. The topological polar surface area (TPSA) is 79.6 Å². The van der Waals surface area contributed by atoms with E-state index in [4.69, 9.17) is 20.4 Å². The summed E-state index contributed by atoms with van der Waals surface area (Å²) in [4.78, 5) is 0. The number of aliphatic hydroxyl groups excluding tert-OH is 2. The number of hydrogen-bond acceptors (Lipinski definition) is 4. The lowest BCUT2D eigenvalue weighted by Crippen LogP contribution is -2.09. The standard InChI is InChI=1S/C9H15NO3.ClH/c10-8(2-1-5-11)9-4-3-7(6-12)13-9;/h3-4,8,11-12H,1-2,5-6,10H2;1H/t8-;/m1./s1. The van der Waals surface area contributed by atoms with Crippen LogP contribution in [-0.4, -0.2) is 16.8 Å². The lowest BCUT2D eigenvalue weighted by Gasteiger charge is -2.06. The molecule has 0 unspecified atom stereocenters. The molecule has 1 atom stereocenters. The molecule has 0 radical (unpaired) electrons. The predicted molar refractivity (Wildman–Crippen MR) is 55.1 cm³/mol. The fourth-order valence-electron chi connectivity index (χ4n) is 1.13. The van der Waals surface area contributed by atoms with Crippen molar-refractivity contribution in [2.75, 3.05) is 6.61 Å². The van der Waals surface area contributed by atoms with E-state index < -0.39 is 0 Å². The molecule has 4 nitrogen and oxygen atoms in total. The fourth-order valence-corrected chi connectivity index (χ4v) is 1.13. The zero-order valence-electron chi connectivity index (χ0n) is 7.85. The highest BCUT2D eigenvalue weighted by molar-refractivity contribution is 5.85. The van der Waals surface area contributed by atoms with Crippen molar-refractivity contribution in [2.45, 2.75) is 25.5 Å². The molecule has 0 saturated carbocycles. The first kappa shape index (κ1) is 13.4. The summed E-state index contributed by atoms with van der Waals surface area (Å²) in [5.41, 5.74) is 5.76. The largest absolute Gasteiger partial charge is 0.462 e. The van der Waals surface area contributed by atoms with Crippen molar-refractivity contribution < 1.29 is 14.6 Å². The molecule has 4 N–H and O–H groups in total. The van der Waals surface area contributed by atoms with Gasteiger partial charge in [-0.1, -0.05) is 0 Å². The molecule has 1 aromatic heterocycles. The first-order chi connectivity index (χ1) is 6.27. The van der Waals surface area contributed by atoms with Crippen LogP contribution in [-0.2, 0) is 6.61 Å². The molecule has 5 heteroatoms. The number of halogens is 1. The molecule has 0 fully saturated rings. The molecule has 0 amide bonds. The molecule has 0 aromatic carbocycles. The fraction of sp³-hybridized carbons (Fsp3) is 0.556. The number of nitrogens with two attached hydrogens (primary N) is 1. The third-order valence-corrected chi connectivity index (χ3v) is 1.88. The summed E-state index contributed by atoms with van der Waals surface area (Å²) in [6.45, 7) is 0.0357. The molecule has 0 aliphatic carbocycles. The highest BCUT2D eigenvalue weighted by Gasteiger charge is 2.09. The van der Waals surface area contributed by atoms with Crippen molar-refractivity contribution in [3.05, 3.63) is 23.7 Å². The summed E-state index contributed by atoms with van der Waals surface area (Å²) in [5.74, 6) is 1.19. The van der Waals surface area contributed by atoms with E-state index in [1.807, 2.05) is 0 Å². The van der Waals surface area contributed by atoms with E-state index in [2.05, 4.69) is 0 Å². The second-order valence-electron chi connectivity index (χ2n) is 2.93. The minimum atomic E-state index is -0.188. The summed E-state index contributed by atoms with van der Waals surface area (Å²) in [6.07, 6.45) is 1.35. The SMILES string of the molecule is Cl.N[C@H](CCCO)c1ccc(CO)o1. The third-order valence-electron chi connectivity index (χ3n) is 1.88. The van der Waals surface area contributed by atoms with Gasteiger partial charge in [0.1, 0.15) is 18.1 Å².